The normalized spacial score (nSPS) is 21.8. The Labute approximate surface area is 244 Å². The summed E-state index contributed by atoms with van der Waals surface area (Å²) in [5.74, 6) is 1.62. The minimum atomic E-state index is -0.393. The molecular formula is C31H36FN7O3. The number of nitrogens with zero attached hydrogens (tertiary/aromatic N) is 5. The number of amides is 1. The summed E-state index contributed by atoms with van der Waals surface area (Å²) < 4.78 is 19.5. The molecular weight excluding hydrogens is 537 g/mol. The minimum Gasteiger partial charge on any atom is -0.391 e. The molecule has 10 nitrogen and oxygen atoms in total. The van der Waals surface area contributed by atoms with E-state index >= 15 is 0 Å². The van der Waals surface area contributed by atoms with Crippen molar-refractivity contribution in [3.05, 3.63) is 71.9 Å². The summed E-state index contributed by atoms with van der Waals surface area (Å²) in [6.45, 7) is 4.04. The number of aliphatic hydroxyl groups is 1. The number of rotatable bonds is 6. The molecule has 0 radical (unpaired) electrons. The lowest BCUT2D eigenvalue weighted by Gasteiger charge is -2.36. The first-order chi connectivity index (χ1) is 20.4. The van der Waals surface area contributed by atoms with Gasteiger partial charge >= 0.3 is 0 Å². The zero-order valence-corrected chi connectivity index (χ0v) is 23.5. The number of aromatic nitrogens is 3. The Hall–Kier alpha value is -4.09. The molecule has 220 valence electrons. The van der Waals surface area contributed by atoms with Crippen molar-refractivity contribution in [3.63, 3.8) is 0 Å². The molecule has 3 fully saturated rings. The van der Waals surface area contributed by atoms with Crippen molar-refractivity contribution < 1.29 is 19.0 Å². The van der Waals surface area contributed by atoms with Crippen LogP contribution in [-0.4, -0.2) is 93.6 Å². The molecule has 3 aliphatic heterocycles. The highest BCUT2D eigenvalue weighted by molar-refractivity contribution is 5.94. The number of likely N-dealkylation sites (tertiary alicyclic amines) is 1. The molecule has 2 aromatic heterocycles. The molecule has 0 saturated carbocycles. The van der Waals surface area contributed by atoms with Crippen molar-refractivity contribution in [2.45, 2.75) is 31.4 Å². The monoisotopic (exact) mass is 573 g/mol. The van der Waals surface area contributed by atoms with E-state index in [4.69, 9.17) is 15.1 Å². The molecule has 6 rings (SSSR count). The molecule has 3 N–H and O–H groups in total. The summed E-state index contributed by atoms with van der Waals surface area (Å²) >= 11 is 0. The van der Waals surface area contributed by atoms with Crippen LogP contribution in [0, 0.1) is 17.1 Å². The number of carbonyl (C=O) groups excluding carboxylic acids is 1. The van der Waals surface area contributed by atoms with E-state index in [9.17, 15) is 14.3 Å². The van der Waals surface area contributed by atoms with Gasteiger partial charge in [-0.3, -0.25) is 10.2 Å². The van der Waals surface area contributed by atoms with Gasteiger partial charge in [-0.25, -0.2) is 14.4 Å². The smallest absolute Gasteiger partial charge is 0.225 e. The topological polar surface area (TPSA) is 122 Å². The minimum absolute atomic E-state index is 0.00276. The Kier molecular flexibility index (Phi) is 8.29. The molecule has 3 aliphatic rings. The van der Waals surface area contributed by atoms with Gasteiger partial charge in [0, 0.05) is 38.6 Å². The van der Waals surface area contributed by atoms with E-state index in [0.717, 1.165) is 48.7 Å². The summed E-state index contributed by atoms with van der Waals surface area (Å²) in [7, 11) is 0. The lowest BCUT2D eigenvalue weighted by atomic mass is 9.95. The van der Waals surface area contributed by atoms with Gasteiger partial charge in [0.25, 0.3) is 0 Å². The van der Waals surface area contributed by atoms with E-state index in [1.165, 1.54) is 12.1 Å². The van der Waals surface area contributed by atoms with Crippen LogP contribution in [0.25, 0.3) is 17.5 Å². The summed E-state index contributed by atoms with van der Waals surface area (Å²) in [5.41, 5.74) is 2.31. The standard InChI is InChI=1S/C31H36FN7O3/c32-23-4-1-3-22(17-23)27-20-42-16-15-39(27)28(33)7-8-29-34-18-26(35-29)25-5-2-6-30(36-25)37-12-9-21(10-13-37)31(41)38-14-11-24(40)19-38/h1-8,17-18,21,24,27,33,40H,9-16,19-20H2,(H,34,35). The van der Waals surface area contributed by atoms with E-state index in [0.29, 0.717) is 50.9 Å². The fourth-order valence-corrected chi connectivity index (χ4v) is 5.99. The number of hydrogen-bond donors (Lipinski definition) is 3. The number of ether oxygens (including phenoxy) is 1. The molecule has 2 unspecified atom stereocenters. The molecule has 1 aromatic carbocycles. The van der Waals surface area contributed by atoms with Gasteiger partial charge in [-0.05, 0) is 61.2 Å². The first kappa shape index (κ1) is 28.0. The number of aliphatic hydroxyl groups excluding tert-OH is 1. The molecule has 2 atom stereocenters. The Balaban J connectivity index is 1.08. The lowest BCUT2D eigenvalue weighted by molar-refractivity contribution is -0.135. The number of β-amino-alcohol motifs (C(OH)–C–C–N with tert-alkyl or cyclic N) is 1. The number of nitrogens with one attached hydrogen (secondary N) is 2. The van der Waals surface area contributed by atoms with E-state index in [-0.39, 0.29) is 23.7 Å². The number of carbonyl (C=O) groups is 1. The molecule has 1 amide bonds. The van der Waals surface area contributed by atoms with Gasteiger partial charge in [0.1, 0.15) is 23.3 Å². The number of benzene rings is 1. The first-order valence-corrected chi connectivity index (χ1v) is 14.6. The Morgan fingerprint density at radius 1 is 1.12 bits per heavy atom. The first-order valence-electron chi connectivity index (χ1n) is 14.6. The van der Waals surface area contributed by atoms with E-state index in [1.807, 2.05) is 29.2 Å². The van der Waals surface area contributed by atoms with Gasteiger partial charge < -0.3 is 29.5 Å². The number of imidazole rings is 1. The van der Waals surface area contributed by atoms with Crippen LogP contribution < -0.4 is 4.90 Å². The van der Waals surface area contributed by atoms with Gasteiger partial charge in [-0.1, -0.05) is 18.2 Å². The third-order valence-electron chi connectivity index (χ3n) is 8.32. The fraction of sp³-hybridized carbons (Fsp3) is 0.419. The quantitative estimate of drug-likeness (QED) is 0.305. The van der Waals surface area contributed by atoms with Gasteiger partial charge in [0.05, 0.1) is 42.9 Å². The summed E-state index contributed by atoms with van der Waals surface area (Å²) in [4.78, 5) is 31.4. The predicted molar refractivity (Wildman–Crippen MR) is 157 cm³/mol. The molecule has 3 aromatic rings. The van der Waals surface area contributed by atoms with Crippen LogP contribution in [0.4, 0.5) is 10.2 Å². The number of aromatic amines is 1. The number of anilines is 1. The third-order valence-corrected chi connectivity index (χ3v) is 8.32. The summed E-state index contributed by atoms with van der Waals surface area (Å²) in [6.07, 6.45) is 7.00. The van der Waals surface area contributed by atoms with Crippen molar-refractivity contribution in [2.24, 2.45) is 5.92 Å². The zero-order valence-electron chi connectivity index (χ0n) is 23.5. The van der Waals surface area contributed by atoms with E-state index < -0.39 is 6.10 Å². The second kappa shape index (κ2) is 12.4. The average Bonchev–Trinajstić information content (AvgIpc) is 3.69. The largest absolute Gasteiger partial charge is 0.391 e. The molecule has 11 heteroatoms. The van der Waals surface area contributed by atoms with Crippen molar-refractivity contribution in [2.75, 3.05) is 50.8 Å². The molecule has 0 bridgehead atoms. The number of H-pyrrole nitrogens is 1. The molecule has 0 aliphatic carbocycles. The van der Waals surface area contributed by atoms with Gasteiger partial charge in [0.2, 0.25) is 5.91 Å². The maximum atomic E-state index is 13.8. The van der Waals surface area contributed by atoms with Crippen LogP contribution in [-0.2, 0) is 9.53 Å². The highest BCUT2D eigenvalue weighted by Gasteiger charge is 2.32. The number of hydrogen-bond acceptors (Lipinski definition) is 7. The highest BCUT2D eigenvalue weighted by atomic mass is 19.1. The molecule has 0 spiro atoms. The summed E-state index contributed by atoms with van der Waals surface area (Å²) in [5, 5.41) is 18.4. The molecule has 3 saturated heterocycles. The van der Waals surface area contributed by atoms with Crippen LogP contribution in [0.15, 0.2) is 54.7 Å². The van der Waals surface area contributed by atoms with Crippen LogP contribution >= 0.6 is 0 Å². The van der Waals surface area contributed by atoms with Crippen LogP contribution in [0.5, 0.6) is 0 Å². The SMILES string of the molecule is N=C(C=Cc1ncc(-c2cccc(N3CCC(C(=O)N4CCC(O)C4)CC3)n2)[nH]1)N1CCOCC1c1cccc(F)c1. The Bertz CT molecular complexity index is 1450. The van der Waals surface area contributed by atoms with Crippen LogP contribution in [0.3, 0.4) is 0 Å². The second-order valence-electron chi connectivity index (χ2n) is 11.1. The average molecular weight is 574 g/mol. The number of pyridine rings is 1. The van der Waals surface area contributed by atoms with Gasteiger partial charge in [-0.15, -0.1) is 0 Å². The number of halogens is 1. The van der Waals surface area contributed by atoms with Crippen molar-refractivity contribution >= 4 is 23.6 Å². The van der Waals surface area contributed by atoms with Crippen molar-refractivity contribution in [1.29, 1.82) is 5.41 Å². The Morgan fingerprint density at radius 2 is 1.95 bits per heavy atom. The van der Waals surface area contributed by atoms with E-state index in [2.05, 4.69) is 14.9 Å². The molecule has 42 heavy (non-hydrogen) atoms. The van der Waals surface area contributed by atoms with Crippen molar-refractivity contribution in [1.82, 2.24) is 24.8 Å². The molecule has 5 heterocycles. The third kappa shape index (κ3) is 6.22. The predicted octanol–water partition coefficient (Wildman–Crippen LogP) is 3.48. The van der Waals surface area contributed by atoms with Gasteiger partial charge in [-0.2, -0.15) is 0 Å². The van der Waals surface area contributed by atoms with Crippen molar-refractivity contribution in [3.8, 4) is 11.4 Å². The zero-order chi connectivity index (χ0) is 29.1. The maximum Gasteiger partial charge on any atom is 0.225 e. The highest BCUT2D eigenvalue weighted by Crippen LogP contribution is 2.28. The second-order valence-corrected chi connectivity index (χ2v) is 11.1. The van der Waals surface area contributed by atoms with Gasteiger partial charge in [0.15, 0.2) is 0 Å². The lowest BCUT2D eigenvalue weighted by Crippen LogP contribution is -2.42. The summed E-state index contributed by atoms with van der Waals surface area (Å²) in [6, 6.07) is 12.1. The fourth-order valence-electron chi connectivity index (χ4n) is 5.99. The number of amidine groups is 1. The van der Waals surface area contributed by atoms with Crippen LogP contribution in [0.1, 0.15) is 36.7 Å². The Morgan fingerprint density at radius 3 is 2.74 bits per heavy atom. The van der Waals surface area contributed by atoms with E-state index in [1.54, 1.807) is 29.3 Å². The van der Waals surface area contributed by atoms with Crippen LogP contribution in [0.2, 0.25) is 0 Å². The number of morpholine rings is 1. The number of piperidine rings is 1. The maximum absolute atomic E-state index is 13.8.